The van der Waals surface area contributed by atoms with Gasteiger partial charge in [-0.15, -0.1) is 0 Å². The van der Waals surface area contributed by atoms with E-state index in [1.165, 1.54) is 11.3 Å². The number of carbonyl (C=O) groups is 3. The van der Waals surface area contributed by atoms with Crippen LogP contribution < -0.4 is 0 Å². The minimum atomic E-state index is -0.516. The number of imide groups is 1. The summed E-state index contributed by atoms with van der Waals surface area (Å²) in [6.45, 7) is 3.47. The molecule has 6 heteroatoms. The zero-order chi connectivity index (χ0) is 19.7. The van der Waals surface area contributed by atoms with Crippen LogP contribution in [-0.2, 0) is 16.0 Å². The minimum absolute atomic E-state index is 0.0347. The number of benzene rings is 1. The molecule has 1 aromatic rings. The van der Waals surface area contributed by atoms with Crippen LogP contribution in [0.5, 0.6) is 0 Å². The molecule has 1 aromatic carbocycles. The number of amides is 4. The van der Waals surface area contributed by atoms with E-state index in [4.69, 9.17) is 0 Å². The lowest BCUT2D eigenvalue weighted by Gasteiger charge is -2.29. The molecule has 1 aliphatic carbocycles. The molecular weight excluding hydrogens is 354 g/mol. The summed E-state index contributed by atoms with van der Waals surface area (Å²) in [4.78, 5) is 44.0. The molecule has 0 spiro atoms. The summed E-state index contributed by atoms with van der Waals surface area (Å²) in [7, 11) is 0. The summed E-state index contributed by atoms with van der Waals surface area (Å²) in [5.74, 6) is -0.0694. The van der Waals surface area contributed by atoms with Crippen molar-refractivity contribution in [3.63, 3.8) is 0 Å². The monoisotopic (exact) mass is 383 g/mol. The number of urea groups is 1. The van der Waals surface area contributed by atoms with E-state index in [-0.39, 0.29) is 23.9 Å². The van der Waals surface area contributed by atoms with Crippen LogP contribution in [0.1, 0.15) is 49.7 Å². The fourth-order valence-corrected chi connectivity index (χ4v) is 4.80. The number of fused-ring (bicyclic) bond motifs is 1. The van der Waals surface area contributed by atoms with Crippen molar-refractivity contribution in [3.8, 4) is 0 Å². The van der Waals surface area contributed by atoms with E-state index in [1.807, 2.05) is 31.2 Å². The normalized spacial score (nSPS) is 23.8. The van der Waals surface area contributed by atoms with Crippen LogP contribution in [0.25, 0.3) is 0 Å². The van der Waals surface area contributed by atoms with Crippen LogP contribution in [-0.4, -0.2) is 64.3 Å². The molecule has 0 bridgehead atoms. The van der Waals surface area contributed by atoms with Crippen molar-refractivity contribution in [1.82, 2.24) is 14.7 Å². The number of nitrogens with zero attached hydrogens (tertiary/aromatic N) is 3. The SMILES string of the molecule is Cc1ccccc1CC(=O)N1CCCN2C(=O)N(C3CCCCC3)C(=O)C2C1. The van der Waals surface area contributed by atoms with Crippen LogP contribution in [0.3, 0.4) is 0 Å². The van der Waals surface area contributed by atoms with Crippen molar-refractivity contribution in [3.05, 3.63) is 35.4 Å². The van der Waals surface area contributed by atoms with Gasteiger partial charge in [0.1, 0.15) is 6.04 Å². The first-order valence-corrected chi connectivity index (χ1v) is 10.5. The first-order valence-electron chi connectivity index (χ1n) is 10.5. The molecule has 0 radical (unpaired) electrons. The first-order chi connectivity index (χ1) is 13.6. The predicted octanol–water partition coefficient (Wildman–Crippen LogP) is 2.74. The molecule has 3 fully saturated rings. The van der Waals surface area contributed by atoms with Crippen molar-refractivity contribution >= 4 is 17.8 Å². The van der Waals surface area contributed by atoms with Gasteiger partial charge in [0.25, 0.3) is 5.91 Å². The summed E-state index contributed by atoms with van der Waals surface area (Å²) in [5.41, 5.74) is 2.12. The Morgan fingerprint density at radius 1 is 1.04 bits per heavy atom. The molecule has 4 amide bonds. The van der Waals surface area contributed by atoms with Crippen molar-refractivity contribution in [2.45, 2.75) is 64.0 Å². The average Bonchev–Trinajstić information content (AvgIpc) is 2.86. The lowest BCUT2D eigenvalue weighted by molar-refractivity contribution is -0.133. The van der Waals surface area contributed by atoms with E-state index < -0.39 is 6.04 Å². The summed E-state index contributed by atoms with van der Waals surface area (Å²) < 4.78 is 0. The third-order valence-electron chi connectivity index (χ3n) is 6.47. The van der Waals surface area contributed by atoms with Crippen LogP contribution >= 0.6 is 0 Å². The second kappa shape index (κ2) is 7.94. The molecule has 150 valence electrons. The fraction of sp³-hybridized carbons (Fsp3) is 0.591. The van der Waals surface area contributed by atoms with Gasteiger partial charge in [-0.25, -0.2) is 4.79 Å². The summed E-state index contributed by atoms with van der Waals surface area (Å²) in [6.07, 6.45) is 6.21. The van der Waals surface area contributed by atoms with Gasteiger partial charge < -0.3 is 9.80 Å². The minimum Gasteiger partial charge on any atom is -0.340 e. The van der Waals surface area contributed by atoms with Crippen molar-refractivity contribution in [2.24, 2.45) is 0 Å². The number of hydrogen-bond donors (Lipinski definition) is 0. The maximum Gasteiger partial charge on any atom is 0.327 e. The Balaban J connectivity index is 1.48. The highest BCUT2D eigenvalue weighted by Gasteiger charge is 2.49. The lowest BCUT2D eigenvalue weighted by atomic mass is 9.94. The quantitative estimate of drug-likeness (QED) is 0.754. The average molecular weight is 383 g/mol. The maximum atomic E-state index is 13.1. The Bertz CT molecular complexity index is 772. The second-order valence-electron chi connectivity index (χ2n) is 8.29. The zero-order valence-electron chi connectivity index (χ0n) is 16.6. The van der Waals surface area contributed by atoms with E-state index in [1.54, 1.807) is 9.80 Å². The van der Waals surface area contributed by atoms with E-state index >= 15 is 0 Å². The van der Waals surface area contributed by atoms with Gasteiger partial charge in [-0.1, -0.05) is 43.5 Å². The highest BCUT2D eigenvalue weighted by Crippen LogP contribution is 2.30. The van der Waals surface area contributed by atoms with Gasteiger partial charge in [-0.3, -0.25) is 14.5 Å². The Kier molecular flexibility index (Phi) is 5.38. The molecule has 2 heterocycles. The van der Waals surface area contributed by atoms with Gasteiger partial charge in [0.05, 0.1) is 13.0 Å². The summed E-state index contributed by atoms with van der Waals surface area (Å²) in [5, 5.41) is 0. The smallest absolute Gasteiger partial charge is 0.327 e. The Hall–Kier alpha value is -2.37. The van der Waals surface area contributed by atoms with Crippen molar-refractivity contribution < 1.29 is 14.4 Å². The van der Waals surface area contributed by atoms with Gasteiger partial charge in [-0.2, -0.15) is 0 Å². The molecule has 0 aromatic heterocycles. The molecule has 28 heavy (non-hydrogen) atoms. The van der Waals surface area contributed by atoms with E-state index in [0.717, 1.165) is 36.8 Å². The Morgan fingerprint density at radius 3 is 2.54 bits per heavy atom. The van der Waals surface area contributed by atoms with Crippen LogP contribution in [0.4, 0.5) is 4.79 Å². The van der Waals surface area contributed by atoms with Gasteiger partial charge in [0.2, 0.25) is 5.91 Å². The summed E-state index contributed by atoms with van der Waals surface area (Å²) in [6, 6.07) is 7.28. The molecule has 0 N–H and O–H groups in total. The molecule has 1 saturated carbocycles. The molecule has 1 atom stereocenters. The summed E-state index contributed by atoms with van der Waals surface area (Å²) >= 11 is 0. The number of hydrogen-bond acceptors (Lipinski definition) is 3. The Labute approximate surface area is 166 Å². The molecule has 6 nitrogen and oxygen atoms in total. The highest BCUT2D eigenvalue weighted by atomic mass is 16.2. The van der Waals surface area contributed by atoms with Crippen molar-refractivity contribution in [2.75, 3.05) is 19.6 Å². The highest BCUT2D eigenvalue weighted by molar-refractivity contribution is 6.05. The molecule has 3 aliphatic rings. The van der Waals surface area contributed by atoms with Crippen LogP contribution in [0, 0.1) is 6.92 Å². The third kappa shape index (κ3) is 3.52. The molecule has 2 saturated heterocycles. The first kappa shape index (κ1) is 19.0. The molecule has 1 unspecified atom stereocenters. The Morgan fingerprint density at radius 2 is 1.79 bits per heavy atom. The number of aryl methyl sites for hydroxylation is 1. The van der Waals surface area contributed by atoms with Gasteiger partial charge in [0.15, 0.2) is 0 Å². The van der Waals surface area contributed by atoms with Crippen LogP contribution in [0.2, 0.25) is 0 Å². The van der Waals surface area contributed by atoms with Crippen LogP contribution in [0.15, 0.2) is 24.3 Å². The van der Waals surface area contributed by atoms with Gasteiger partial charge in [0, 0.05) is 19.1 Å². The van der Waals surface area contributed by atoms with E-state index in [9.17, 15) is 14.4 Å². The number of carbonyl (C=O) groups excluding carboxylic acids is 3. The second-order valence-corrected chi connectivity index (χ2v) is 8.29. The predicted molar refractivity (Wildman–Crippen MR) is 106 cm³/mol. The lowest BCUT2D eigenvalue weighted by Crippen LogP contribution is -2.45. The molecular formula is C22H29N3O3. The topological polar surface area (TPSA) is 60.9 Å². The molecule has 4 rings (SSSR count). The largest absolute Gasteiger partial charge is 0.340 e. The fourth-order valence-electron chi connectivity index (χ4n) is 4.80. The maximum absolute atomic E-state index is 13.1. The standard InChI is InChI=1S/C22H29N3O3/c1-16-8-5-6-9-17(16)14-20(26)23-12-7-13-24-19(15-23)21(27)25(22(24)28)18-10-3-2-4-11-18/h5-6,8-9,18-19H,2-4,7,10-15H2,1H3. The zero-order valence-corrected chi connectivity index (χ0v) is 16.6. The van der Waals surface area contributed by atoms with Crippen molar-refractivity contribution in [1.29, 1.82) is 0 Å². The third-order valence-corrected chi connectivity index (χ3v) is 6.47. The molecule has 2 aliphatic heterocycles. The van der Waals surface area contributed by atoms with E-state index in [0.29, 0.717) is 32.5 Å². The van der Waals surface area contributed by atoms with Gasteiger partial charge in [-0.05, 0) is 37.3 Å². The van der Waals surface area contributed by atoms with Gasteiger partial charge >= 0.3 is 6.03 Å². The number of rotatable bonds is 3. The van der Waals surface area contributed by atoms with E-state index in [2.05, 4.69) is 0 Å².